The molecular formula is C17H23ClN4O3. The Hall–Kier alpha value is -2.12. The first kappa shape index (κ1) is 19.2. The van der Waals surface area contributed by atoms with Gasteiger partial charge in [0, 0.05) is 19.5 Å². The third-order valence-electron chi connectivity index (χ3n) is 4.50. The quantitative estimate of drug-likeness (QED) is 0.698. The van der Waals surface area contributed by atoms with Gasteiger partial charge in [-0.1, -0.05) is 12.1 Å². The normalized spacial score (nSPS) is 16.6. The standard InChI is InChI=1S/C17H22N4O3.ClH/c22-15(19-9-6-12-5-8-18-11-12)7-10-21-14-4-2-1-3-13(14)16(23)20-17(21)24;/h1-4,12,18H,5-11H2,(H,19,22)(H,20,23,24);1H. The number of hydrogen-bond donors (Lipinski definition) is 3. The highest BCUT2D eigenvalue weighted by molar-refractivity contribution is 5.85. The molecule has 2 heterocycles. The molecule has 0 bridgehead atoms. The maximum absolute atomic E-state index is 12.0. The van der Waals surface area contributed by atoms with E-state index in [4.69, 9.17) is 0 Å². The first-order valence-corrected chi connectivity index (χ1v) is 8.34. The van der Waals surface area contributed by atoms with Crippen LogP contribution in [-0.2, 0) is 11.3 Å². The number of H-pyrrole nitrogens is 1. The van der Waals surface area contributed by atoms with Crippen molar-refractivity contribution in [3.8, 4) is 0 Å². The molecule has 1 fully saturated rings. The number of hydrogen-bond acceptors (Lipinski definition) is 4. The van der Waals surface area contributed by atoms with E-state index in [1.54, 1.807) is 24.3 Å². The van der Waals surface area contributed by atoms with Crippen LogP contribution < -0.4 is 21.9 Å². The molecule has 1 aromatic heterocycles. The summed E-state index contributed by atoms with van der Waals surface area (Å²) in [6, 6.07) is 6.90. The lowest BCUT2D eigenvalue weighted by molar-refractivity contribution is -0.121. The molecule has 0 spiro atoms. The minimum atomic E-state index is -0.483. The highest BCUT2D eigenvalue weighted by Gasteiger charge is 2.14. The average Bonchev–Trinajstić information content (AvgIpc) is 3.08. The summed E-state index contributed by atoms with van der Waals surface area (Å²) in [5.41, 5.74) is -0.332. The van der Waals surface area contributed by atoms with Gasteiger partial charge in [-0.15, -0.1) is 12.4 Å². The molecular weight excluding hydrogens is 344 g/mol. The summed E-state index contributed by atoms with van der Waals surface area (Å²) < 4.78 is 1.44. The van der Waals surface area contributed by atoms with Gasteiger partial charge in [0.1, 0.15) is 0 Å². The molecule has 3 rings (SSSR count). The van der Waals surface area contributed by atoms with E-state index in [0.29, 0.717) is 23.4 Å². The van der Waals surface area contributed by atoms with Crippen molar-refractivity contribution in [3.63, 3.8) is 0 Å². The molecule has 0 saturated carbocycles. The predicted octanol–water partition coefficient (Wildman–Crippen LogP) is 0.618. The minimum Gasteiger partial charge on any atom is -0.356 e. The highest BCUT2D eigenvalue weighted by Crippen LogP contribution is 2.11. The van der Waals surface area contributed by atoms with Crippen molar-refractivity contribution in [3.05, 3.63) is 45.1 Å². The topological polar surface area (TPSA) is 96.0 Å². The van der Waals surface area contributed by atoms with Gasteiger partial charge in [-0.25, -0.2) is 4.79 Å². The van der Waals surface area contributed by atoms with Crippen molar-refractivity contribution in [2.24, 2.45) is 5.92 Å². The third-order valence-corrected chi connectivity index (χ3v) is 4.50. The van der Waals surface area contributed by atoms with Crippen molar-refractivity contribution < 1.29 is 4.79 Å². The van der Waals surface area contributed by atoms with E-state index >= 15 is 0 Å². The van der Waals surface area contributed by atoms with Gasteiger partial charge < -0.3 is 10.6 Å². The molecule has 1 saturated heterocycles. The fourth-order valence-corrected chi connectivity index (χ4v) is 3.14. The number of aryl methyl sites for hydroxylation is 1. The maximum atomic E-state index is 12.0. The molecule has 1 aliphatic rings. The number of aromatic nitrogens is 2. The van der Waals surface area contributed by atoms with Gasteiger partial charge in [0.25, 0.3) is 5.56 Å². The molecule has 8 heteroatoms. The number of fused-ring (bicyclic) bond motifs is 1. The van der Waals surface area contributed by atoms with Crippen LogP contribution in [0.5, 0.6) is 0 Å². The number of nitrogens with zero attached hydrogens (tertiary/aromatic N) is 1. The van der Waals surface area contributed by atoms with Crippen molar-refractivity contribution in [1.82, 2.24) is 20.2 Å². The Balaban J connectivity index is 0.00000225. The Morgan fingerprint density at radius 1 is 1.28 bits per heavy atom. The molecule has 25 heavy (non-hydrogen) atoms. The summed E-state index contributed by atoms with van der Waals surface area (Å²) in [6.07, 6.45) is 2.34. The maximum Gasteiger partial charge on any atom is 0.328 e. The van der Waals surface area contributed by atoms with Crippen LogP contribution in [-0.4, -0.2) is 35.1 Å². The number of rotatable bonds is 6. The van der Waals surface area contributed by atoms with Crippen molar-refractivity contribution in [2.75, 3.05) is 19.6 Å². The zero-order chi connectivity index (χ0) is 16.9. The Morgan fingerprint density at radius 3 is 2.84 bits per heavy atom. The van der Waals surface area contributed by atoms with E-state index in [0.717, 1.165) is 25.9 Å². The largest absolute Gasteiger partial charge is 0.356 e. The predicted molar refractivity (Wildman–Crippen MR) is 99.3 cm³/mol. The second-order valence-electron chi connectivity index (χ2n) is 6.18. The number of nitrogens with one attached hydrogen (secondary N) is 3. The first-order valence-electron chi connectivity index (χ1n) is 8.34. The average molecular weight is 367 g/mol. The van der Waals surface area contributed by atoms with Crippen LogP contribution in [0.25, 0.3) is 10.9 Å². The molecule has 1 unspecified atom stereocenters. The summed E-state index contributed by atoms with van der Waals surface area (Å²) >= 11 is 0. The van der Waals surface area contributed by atoms with E-state index in [1.807, 2.05) is 0 Å². The second kappa shape index (κ2) is 8.82. The second-order valence-corrected chi connectivity index (χ2v) is 6.18. The van der Waals surface area contributed by atoms with E-state index in [9.17, 15) is 14.4 Å². The zero-order valence-corrected chi connectivity index (χ0v) is 14.7. The number of halogens is 1. The monoisotopic (exact) mass is 366 g/mol. The van der Waals surface area contributed by atoms with Gasteiger partial charge in [-0.05, 0) is 44.0 Å². The van der Waals surface area contributed by atoms with Gasteiger partial charge in [0.15, 0.2) is 0 Å². The van der Waals surface area contributed by atoms with Gasteiger partial charge in [-0.2, -0.15) is 0 Å². The van der Waals surface area contributed by atoms with Crippen LogP contribution in [0, 0.1) is 5.92 Å². The fraction of sp³-hybridized carbons (Fsp3) is 0.471. The van der Waals surface area contributed by atoms with Crippen molar-refractivity contribution >= 4 is 29.2 Å². The van der Waals surface area contributed by atoms with Crippen LogP contribution in [0.1, 0.15) is 19.3 Å². The first-order chi connectivity index (χ1) is 11.6. The fourth-order valence-electron chi connectivity index (χ4n) is 3.14. The van der Waals surface area contributed by atoms with Crippen LogP contribution in [0.15, 0.2) is 33.9 Å². The Labute approximate surface area is 151 Å². The number of para-hydroxylation sites is 1. The SMILES string of the molecule is Cl.O=C(CCn1c(=O)[nH]c(=O)c2ccccc21)NCCC1CCNC1. The van der Waals surface area contributed by atoms with E-state index in [2.05, 4.69) is 15.6 Å². The third kappa shape index (κ3) is 4.70. The lowest BCUT2D eigenvalue weighted by Crippen LogP contribution is -2.33. The number of aromatic amines is 1. The molecule has 2 aromatic rings. The number of amides is 1. The van der Waals surface area contributed by atoms with E-state index in [-0.39, 0.29) is 31.3 Å². The lowest BCUT2D eigenvalue weighted by atomic mass is 10.1. The molecule has 0 aliphatic carbocycles. The summed E-state index contributed by atoms with van der Waals surface area (Å²) in [5, 5.41) is 6.66. The lowest BCUT2D eigenvalue weighted by Gasteiger charge is -2.11. The minimum absolute atomic E-state index is 0. The summed E-state index contributed by atoms with van der Waals surface area (Å²) in [5.74, 6) is 0.555. The molecule has 136 valence electrons. The summed E-state index contributed by atoms with van der Waals surface area (Å²) in [7, 11) is 0. The van der Waals surface area contributed by atoms with Crippen LogP contribution in [0.2, 0.25) is 0 Å². The summed E-state index contributed by atoms with van der Waals surface area (Å²) in [6.45, 7) is 2.98. The molecule has 7 nitrogen and oxygen atoms in total. The Kier molecular flexibility index (Phi) is 6.78. The number of carbonyl (C=O) groups is 1. The van der Waals surface area contributed by atoms with Gasteiger partial charge in [0.2, 0.25) is 5.91 Å². The highest BCUT2D eigenvalue weighted by atomic mass is 35.5. The number of benzene rings is 1. The molecule has 1 atom stereocenters. The van der Waals surface area contributed by atoms with Crippen LogP contribution in [0.4, 0.5) is 0 Å². The van der Waals surface area contributed by atoms with Gasteiger partial charge >= 0.3 is 5.69 Å². The van der Waals surface area contributed by atoms with Gasteiger partial charge in [-0.3, -0.25) is 19.1 Å². The van der Waals surface area contributed by atoms with Crippen LogP contribution >= 0.6 is 12.4 Å². The molecule has 3 N–H and O–H groups in total. The van der Waals surface area contributed by atoms with Crippen molar-refractivity contribution in [2.45, 2.75) is 25.8 Å². The van der Waals surface area contributed by atoms with Crippen molar-refractivity contribution in [1.29, 1.82) is 0 Å². The number of carbonyl (C=O) groups excluding carboxylic acids is 1. The van der Waals surface area contributed by atoms with Gasteiger partial charge in [0.05, 0.1) is 10.9 Å². The Bertz CT molecular complexity index is 840. The Morgan fingerprint density at radius 2 is 2.08 bits per heavy atom. The van der Waals surface area contributed by atoms with E-state index < -0.39 is 11.2 Å². The molecule has 1 amide bonds. The zero-order valence-electron chi connectivity index (χ0n) is 13.9. The molecule has 1 aliphatic heterocycles. The van der Waals surface area contributed by atoms with Crippen LogP contribution in [0.3, 0.4) is 0 Å². The smallest absolute Gasteiger partial charge is 0.328 e. The molecule has 0 radical (unpaired) electrons. The summed E-state index contributed by atoms with van der Waals surface area (Å²) in [4.78, 5) is 38.1. The van der Waals surface area contributed by atoms with E-state index in [1.165, 1.54) is 4.57 Å². The molecule has 1 aromatic carbocycles.